The summed E-state index contributed by atoms with van der Waals surface area (Å²) in [7, 11) is 0. The third kappa shape index (κ3) is 7.34. The minimum Gasteiger partial charge on any atom is -0.376 e. The van der Waals surface area contributed by atoms with Gasteiger partial charge in [0.15, 0.2) is 0 Å². The summed E-state index contributed by atoms with van der Waals surface area (Å²) in [5.41, 5.74) is 2.19. The summed E-state index contributed by atoms with van der Waals surface area (Å²) in [5.74, 6) is -0.226. The van der Waals surface area contributed by atoms with Crippen LogP contribution in [0.4, 0.5) is 17.1 Å². The van der Waals surface area contributed by atoms with E-state index in [1.165, 1.54) is 12.8 Å². The molecule has 0 atom stereocenters. The van der Waals surface area contributed by atoms with E-state index in [1.807, 2.05) is 43.9 Å². The Morgan fingerprint density at radius 1 is 0.818 bits per heavy atom. The van der Waals surface area contributed by atoms with E-state index in [-0.39, 0.29) is 24.3 Å². The summed E-state index contributed by atoms with van der Waals surface area (Å²) in [6.07, 6.45) is 4.47. The van der Waals surface area contributed by atoms with Gasteiger partial charge in [0.25, 0.3) is 5.91 Å². The van der Waals surface area contributed by atoms with E-state index in [0.29, 0.717) is 16.9 Å². The number of amides is 3. The molecule has 0 radical (unpaired) electrons. The van der Waals surface area contributed by atoms with Crippen molar-refractivity contribution in [3.8, 4) is 0 Å². The molecule has 0 aliphatic carbocycles. The maximum absolute atomic E-state index is 12.7. The van der Waals surface area contributed by atoms with Gasteiger partial charge in [0.05, 0.1) is 6.54 Å². The molecule has 2 aromatic rings. The normalized spacial score (nSPS) is 14.2. The van der Waals surface area contributed by atoms with Crippen LogP contribution in [-0.4, -0.2) is 42.3 Å². The molecule has 1 saturated heterocycles. The Bertz CT molecular complexity index is 972. The number of nitrogens with one attached hydrogen (secondary N) is 3. The first-order chi connectivity index (χ1) is 15.7. The number of anilines is 3. The predicted octanol–water partition coefficient (Wildman–Crippen LogP) is 4.74. The fourth-order valence-electron chi connectivity index (χ4n) is 3.57. The first-order valence-corrected chi connectivity index (χ1v) is 11.6. The lowest BCUT2D eigenvalue weighted by Crippen LogP contribution is -2.31. The third-order valence-electron chi connectivity index (χ3n) is 5.56. The molecule has 176 valence electrons. The van der Waals surface area contributed by atoms with Gasteiger partial charge in [-0.25, -0.2) is 0 Å². The summed E-state index contributed by atoms with van der Waals surface area (Å²) in [6, 6.07) is 14.3. The van der Waals surface area contributed by atoms with Crippen LogP contribution in [0.1, 0.15) is 56.8 Å². The van der Waals surface area contributed by atoms with Gasteiger partial charge in [-0.05, 0) is 55.3 Å². The zero-order valence-electron chi connectivity index (χ0n) is 19.7. The summed E-state index contributed by atoms with van der Waals surface area (Å²) in [5, 5.41) is 8.79. The topological polar surface area (TPSA) is 90.5 Å². The van der Waals surface area contributed by atoms with Crippen molar-refractivity contribution in [2.75, 3.05) is 35.6 Å². The minimum absolute atomic E-state index is 0.0508. The molecule has 3 rings (SSSR count). The average molecular weight is 451 g/mol. The monoisotopic (exact) mass is 450 g/mol. The van der Waals surface area contributed by atoms with Crippen molar-refractivity contribution in [2.45, 2.75) is 46.5 Å². The van der Waals surface area contributed by atoms with E-state index in [1.54, 1.807) is 30.3 Å². The largest absolute Gasteiger partial charge is 0.376 e. The fourth-order valence-corrected chi connectivity index (χ4v) is 3.57. The van der Waals surface area contributed by atoms with Crippen LogP contribution in [0.15, 0.2) is 48.5 Å². The van der Waals surface area contributed by atoms with E-state index >= 15 is 0 Å². The molecule has 3 amide bonds. The molecule has 3 N–H and O–H groups in total. The van der Waals surface area contributed by atoms with Crippen molar-refractivity contribution < 1.29 is 14.4 Å². The van der Waals surface area contributed by atoms with E-state index in [2.05, 4.69) is 16.0 Å². The lowest BCUT2D eigenvalue weighted by Gasteiger charge is -2.20. The van der Waals surface area contributed by atoms with Gasteiger partial charge in [-0.1, -0.05) is 39.7 Å². The van der Waals surface area contributed by atoms with Gasteiger partial charge in [-0.2, -0.15) is 0 Å². The Morgan fingerprint density at radius 3 is 2.09 bits per heavy atom. The lowest BCUT2D eigenvalue weighted by atomic mass is 9.95. The molecular formula is C26H34N4O3. The number of likely N-dealkylation sites (tertiary alicyclic amines) is 1. The molecule has 7 nitrogen and oxygen atoms in total. The SMILES string of the molecule is CC(C)(C)C(=O)Nc1cccc(NCC(=O)Nc2ccc(C(=O)N3CCCCCC3)cc2)c1. The average Bonchev–Trinajstić information content (AvgIpc) is 3.07. The second-order valence-corrected chi connectivity index (χ2v) is 9.47. The highest BCUT2D eigenvalue weighted by molar-refractivity contribution is 5.97. The standard InChI is InChI=1S/C26H34N4O3/c1-26(2,3)25(33)29-22-10-8-9-21(17-22)27-18-23(31)28-20-13-11-19(12-14-20)24(32)30-15-6-4-5-7-16-30/h8-14,17,27H,4-7,15-16,18H2,1-3H3,(H,28,31)(H,29,33). The number of rotatable bonds is 6. The van der Waals surface area contributed by atoms with Crippen molar-refractivity contribution >= 4 is 34.8 Å². The fraction of sp³-hybridized carbons (Fsp3) is 0.423. The van der Waals surface area contributed by atoms with Crippen LogP contribution in [0.25, 0.3) is 0 Å². The Kier molecular flexibility index (Phi) is 8.09. The van der Waals surface area contributed by atoms with E-state index in [4.69, 9.17) is 0 Å². The molecule has 1 aliphatic heterocycles. The minimum atomic E-state index is -0.490. The van der Waals surface area contributed by atoms with E-state index in [0.717, 1.165) is 31.6 Å². The Morgan fingerprint density at radius 2 is 1.45 bits per heavy atom. The number of hydrogen-bond donors (Lipinski definition) is 3. The second kappa shape index (κ2) is 11.0. The number of benzene rings is 2. The number of carbonyl (C=O) groups excluding carboxylic acids is 3. The Labute approximate surface area is 195 Å². The highest BCUT2D eigenvalue weighted by Crippen LogP contribution is 2.20. The van der Waals surface area contributed by atoms with Gasteiger partial charge in [-0.15, -0.1) is 0 Å². The van der Waals surface area contributed by atoms with E-state index in [9.17, 15) is 14.4 Å². The van der Waals surface area contributed by atoms with E-state index < -0.39 is 5.41 Å². The van der Waals surface area contributed by atoms with Crippen molar-refractivity contribution in [1.82, 2.24) is 4.90 Å². The van der Waals surface area contributed by atoms with Crippen LogP contribution >= 0.6 is 0 Å². The molecule has 0 unspecified atom stereocenters. The second-order valence-electron chi connectivity index (χ2n) is 9.47. The molecule has 0 saturated carbocycles. The molecule has 0 spiro atoms. The van der Waals surface area contributed by atoms with Crippen molar-refractivity contribution in [1.29, 1.82) is 0 Å². The molecule has 7 heteroatoms. The van der Waals surface area contributed by atoms with Crippen molar-refractivity contribution in [3.63, 3.8) is 0 Å². The molecule has 1 fully saturated rings. The van der Waals surface area contributed by atoms with Gasteiger partial charge < -0.3 is 20.9 Å². The van der Waals surface area contributed by atoms with Crippen molar-refractivity contribution in [2.24, 2.45) is 5.41 Å². The first kappa shape index (κ1) is 24.3. The van der Waals surface area contributed by atoms with Gasteiger partial charge in [0.2, 0.25) is 11.8 Å². The molecule has 1 heterocycles. The number of nitrogens with zero attached hydrogens (tertiary/aromatic N) is 1. The van der Waals surface area contributed by atoms with Crippen LogP contribution in [0.5, 0.6) is 0 Å². The number of carbonyl (C=O) groups is 3. The van der Waals surface area contributed by atoms with Gasteiger partial charge in [-0.3, -0.25) is 14.4 Å². The summed E-state index contributed by atoms with van der Waals surface area (Å²) in [4.78, 5) is 39.1. The first-order valence-electron chi connectivity index (χ1n) is 11.6. The highest BCUT2D eigenvalue weighted by Gasteiger charge is 2.21. The summed E-state index contributed by atoms with van der Waals surface area (Å²) < 4.78 is 0. The van der Waals surface area contributed by atoms with Gasteiger partial charge in [0.1, 0.15) is 0 Å². The van der Waals surface area contributed by atoms with Crippen LogP contribution in [-0.2, 0) is 9.59 Å². The predicted molar refractivity (Wildman–Crippen MR) is 132 cm³/mol. The maximum Gasteiger partial charge on any atom is 0.253 e. The van der Waals surface area contributed by atoms with Crippen LogP contribution in [0.3, 0.4) is 0 Å². The Balaban J connectivity index is 1.50. The lowest BCUT2D eigenvalue weighted by molar-refractivity contribution is -0.123. The zero-order valence-corrected chi connectivity index (χ0v) is 19.7. The number of hydrogen-bond acceptors (Lipinski definition) is 4. The highest BCUT2D eigenvalue weighted by atomic mass is 16.2. The summed E-state index contributed by atoms with van der Waals surface area (Å²) >= 11 is 0. The van der Waals surface area contributed by atoms with Crippen LogP contribution in [0.2, 0.25) is 0 Å². The third-order valence-corrected chi connectivity index (χ3v) is 5.56. The molecular weight excluding hydrogens is 416 g/mol. The molecule has 2 aromatic carbocycles. The molecule has 0 bridgehead atoms. The van der Waals surface area contributed by atoms with Gasteiger partial charge in [0, 0.05) is 41.1 Å². The molecule has 0 aromatic heterocycles. The zero-order chi connectivity index (χ0) is 23.8. The van der Waals surface area contributed by atoms with Gasteiger partial charge >= 0.3 is 0 Å². The van der Waals surface area contributed by atoms with Crippen molar-refractivity contribution in [3.05, 3.63) is 54.1 Å². The smallest absolute Gasteiger partial charge is 0.253 e. The van der Waals surface area contributed by atoms with Crippen LogP contribution < -0.4 is 16.0 Å². The molecule has 1 aliphatic rings. The maximum atomic E-state index is 12.7. The summed E-state index contributed by atoms with van der Waals surface area (Å²) in [6.45, 7) is 7.25. The Hall–Kier alpha value is -3.35. The quantitative estimate of drug-likeness (QED) is 0.593. The van der Waals surface area contributed by atoms with Crippen LogP contribution in [0, 0.1) is 5.41 Å². The molecule has 33 heavy (non-hydrogen) atoms.